The Kier molecular flexibility index (Phi) is 3.59. The molecule has 0 saturated carbocycles. The van der Waals surface area contributed by atoms with Crippen LogP contribution in [-0.2, 0) is 4.74 Å². The van der Waals surface area contributed by atoms with Gasteiger partial charge in [-0.1, -0.05) is 11.6 Å². The highest BCUT2D eigenvalue weighted by Crippen LogP contribution is 2.21. The lowest BCUT2D eigenvalue weighted by Gasteiger charge is -2.38. The smallest absolute Gasteiger partial charge is 0.257 e. The molecule has 2 rings (SSSR count). The van der Waals surface area contributed by atoms with E-state index >= 15 is 0 Å². The number of amides is 1. The molecule has 0 spiro atoms. The minimum Gasteiger partial charge on any atom is -0.372 e. The van der Waals surface area contributed by atoms with Crippen molar-refractivity contribution in [1.82, 2.24) is 4.90 Å². The molecule has 1 fully saturated rings. The van der Waals surface area contributed by atoms with Crippen LogP contribution in [-0.4, -0.2) is 36.1 Å². The molecule has 98 valence electrons. The zero-order valence-corrected chi connectivity index (χ0v) is 11.1. The van der Waals surface area contributed by atoms with E-state index in [0.717, 1.165) is 6.07 Å². The number of halogens is 2. The van der Waals surface area contributed by atoms with Gasteiger partial charge in [0.05, 0.1) is 17.8 Å². The first kappa shape index (κ1) is 13.3. The first-order valence-electron chi connectivity index (χ1n) is 5.77. The van der Waals surface area contributed by atoms with Gasteiger partial charge in [0.25, 0.3) is 5.91 Å². The van der Waals surface area contributed by atoms with Crippen LogP contribution >= 0.6 is 11.6 Å². The SMILES string of the molecule is CC1(C)CN(C(=O)c2ccc(Cl)cc2F)CCO1. The molecular weight excluding hydrogens is 257 g/mol. The summed E-state index contributed by atoms with van der Waals surface area (Å²) in [5.41, 5.74) is -0.339. The van der Waals surface area contributed by atoms with Crippen LogP contribution in [0.4, 0.5) is 4.39 Å². The van der Waals surface area contributed by atoms with E-state index in [2.05, 4.69) is 0 Å². The largest absolute Gasteiger partial charge is 0.372 e. The van der Waals surface area contributed by atoms with Crippen LogP contribution in [0.5, 0.6) is 0 Å². The van der Waals surface area contributed by atoms with Crippen molar-refractivity contribution in [2.24, 2.45) is 0 Å². The standard InChI is InChI=1S/C13H15ClFNO2/c1-13(2)8-16(5-6-18-13)12(17)10-4-3-9(14)7-11(10)15/h3-4,7H,5-6,8H2,1-2H3. The van der Waals surface area contributed by atoms with Gasteiger partial charge in [-0.2, -0.15) is 0 Å². The number of rotatable bonds is 1. The van der Waals surface area contributed by atoms with Crippen molar-refractivity contribution >= 4 is 17.5 Å². The molecule has 1 saturated heterocycles. The molecule has 5 heteroatoms. The number of benzene rings is 1. The number of morpholine rings is 1. The first-order valence-corrected chi connectivity index (χ1v) is 6.15. The molecule has 0 N–H and O–H groups in total. The van der Waals surface area contributed by atoms with Gasteiger partial charge in [0, 0.05) is 18.1 Å². The Bertz CT molecular complexity index is 476. The van der Waals surface area contributed by atoms with Gasteiger partial charge in [0.1, 0.15) is 5.82 Å². The van der Waals surface area contributed by atoms with E-state index in [4.69, 9.17) is 16.3 Å². The number of carbonyl (C=O) groups is 1. The Hall–Kier alpha value is -1.13. The summed E-state index contributed by atoms with van der Waals surface area (Å²) >= 11 is 5.67. The summed E-state index contributed by atoms with van der Waals surface area (Å²) in [5, 5.41) is 0.284. The van der Waals surface area contributed by atoms with Gasteiger partial charge >= 0.3 is 0 Å². The van der Waals surface area contributed by atoms with Gasteiger partial charge in [-0.05, 0) is 32.0 Å². The Labute approximate surface area is 110 Å². The van der Waals surface area contributed by atoms with E-state index in [0.29, 0.717) is 19.7 Å². The fourth-order valence-electron chi connectivity index (χ4n) is 2.02. The molecule has 0 bridgehead atoms. The van der Waals surface area contributed by atoms with Crippen LogP contribution < -0.4 is 0 Å². The molecule has 1 amide bonds. The zero-order valence-electron chi connectivity index (χ0n) is 10.4. The summed E-state index contributed by atoms with van der Waals surface area (Å²) in [4.78, 5) is 13.8. The molecule has 0 aliphatic carbocycles. The van der Waals surface area contributed by atoms with Crippen molar-refractivity contribution in [3.05, 3.63) is 34.6 Å². The van der Waals surface area contributed by atoms with Gasteiger partial charge in [0.15, 0.2) is 0 Å². The fraction of sp³-hybridized carbons (Fsp3) is 0.462. The summed E-state index contributed by atoms with van der Waals surface area (Å²) in [6, 6.07) is 4.09. The number of nitrogens with zero attached hydrogens (tertiary/aromatic N) is 1. The zero-order chi connectivity index (χ0) is 13.3. The van der Waals surface area contributed by atoms with Crippen LogP contribution in [0.1, 0.15) is 24.2 Å². The Morgan fingerprint density at radius 1 is 1.50 bits per heavy atom. The average molecular weight is 272 g/mol. The third kappa shape index (κ3) is 2.82. The van der Waals surface area contributed by atoms with Crippen molar-refractivity contribution in [3.63, 3.8) is 0 Å². The highest BCUT2D eigenvalue weighted by molar-refractivity contribution is 6.30. The molecule has 1 aliphatic heterocycles. The maximum absolute atomic E-state index is 13.7. The molecule has 0 unspecified atom stereocenters. The molecule has 1 heterocycles. The molecule has 0 aromatic heterocycles. The Balaban J connectivity index is 2.20. The highest BCUT2D eigenvalue weighted by atomic mass is 35.5. The molecule has 18 heavy (non-hydrogen) atoms. The van der Waals surface area contributed by atoms with Gasteiger partial charge < -0.3 is 9.64 Å². The summed E-state index contributed by atoms with van der Waals surface area (Å²) in [6.07, 6.45) is 0. The van der Waals surface area contributed by atoms with Gasteiger partial charge in [-0.25, -0.2) is 4.39 Å². The fourth-order valence-corrected chi connectivity index (χ4v) is 2.18. The average Bonchev–Trinajstić information content (AvgIpc) is 2.27. The molecule has 1 aromatic rings. The van der Waals surface area contributed by atoms with Gasteiger partial charge in [-0.15, -0.1) is 0 Å². The number of ether oxygens (including phenoxy) is 1. The number of hydrogen-bond donors (Lipinski definition) is 0. The monoisotopic (exact) mass is 271 g/mol. The minimum atomic E-state index is -0.586. The van der Waals surface area contributed by atoms with Crippen molar-refractivity contribution < 1.29 is 13.9 Å². The lowest BCUT2D eigenvalue weighted by molar-refractivity contribution is -0.0764. The second-order valence-corrected chi connectivity index (χ2v) is 5.40. The molecule has 0 radical (unpaired) electrons. The van der Waals surface area contributed by atoms with E-state index in [1.54, 1.807) is 4.90 Å². The lowest BCUT2D eigenvalue weighted by atomic mass is 10.1. The van der Waals surface area contributed by atoms with E-state index in [-0.39, 0.29) is 16.5 Å². The summed E-state index contributed by atoms with van der Waals surface area (Å²) in [6.45, 7) is 5.21. The van der Waals surface area contributed by atoms with Crippen molar-refractivity contribution in [3.8, 4) is 0 Å². The topological polar surface area (TPSA) is 29.5 Å². The molecular formula is C13H15ClFNO2. The molecule has 1 aliphatic rings. The second kappa shape index (κ2) is 4.86. The lowest BCUT2D eigenvalue weighted by Crippen LogP contribution is -2.50. The molecule has 0 atom stereocenters. The summed E-state index contributed by atoms with van der Waals surface area (Å²) < 4.78 is 19.2. The Morgan fingerprint density at radius 3 is 2.83 bits per heavy atom. The second-order valence-electron chi connectivity index (χ2n) is 4.96. The summed E-state index contributed by atoms with van der Waals surface area (Å²) in [5.74, 6) is -0.905. The van der Waals surface area contributed by atoms with Crippen LogP contribution in [0, 0.1) is 5.82 Å². The third-order valence-corrected chi connectivity index (χ3v) is 3.11. The predicted octanol–water partition coefficient (Wildman–Crippen LogP) is 2.73. The normalized spacial score (nSPS) is 18.8. The van der Waals surface area contributed by atoms with E-state index in [1.807, 2.05) is 13.8 Å². The summed E-state index contributed by atoms with van der Waals surface area (Å²) in [7, 11) is 0. The highest BCUT2D eigenvalue weighted by Gasteiger charge is 2.31. The van der Waals surface area contributed by atoms with Crippen molar-refractivity contribution in [1.29, 1.82) is 0 Å². The van der Waals surface area contributed by atoms with Gasteiger partial charge in [0.2, 0.25) is 0 Å². The molecule has 1 aromatic carbocycles. The quantitative estimate of drug-likeness (QED) is 0.786. The van der Waals surface area contributed by atoms with Crippen LogP contribution in [0.15, 0.2) is 18.2 Å². The van der Waals surface area contributed by atoms with Crippen LogP contribution in [0.25, 0.3) is 0 Å². The third-order valence-electron chi connectivity index (χ3n) is 2.87. The van der Waals surface area contributed by atoms with Gasteiger partial charge in [-0.3, -0.25) is 4.79 Å². The van der Waals surface area contributed by atoms with Crippen molar-refractivity contribution in [2.75, 3.05) is 19.7 Å². The number of hydrogen-bond acceptors (Lipinski definition) is 2. The maximum Gasteiger partial charge on any atom is 0.257 e. The van der Waals surface area contributed by atoms with E-state index < -0.39 is 11.4 Å². The molecule has 3 nitrogen and oxygen atoms in total. The van der Waals surface area contributed by atoms with E-state index in [1.165, 1.54) is 12.1 Å². The van der Waals surface area contributed by atoms with Crippen LogP contribution in [0.3, 0.4) is 0 Å². The first-order chi connectivity index (χ1) is 8.39. The number of carbonyl (C=O) groups excluding carboxylic acids is 1. The van der Waals surface area contributed by atoms with Crippen molar-refractivity contribution in [2.45, 2.75) is 19.4 Å². The minimum absolute atomic E-state index is 0.0529. The van der Waals surface area contributed by atoms with E-state index in [9.17, 15) is 9.18 Å². The predicted molar refractivity (Wildman–Crippen MR) is 67.3 cm³/mol. The van der Waals surface area contributed by atoms with Crippen LogP contribution in [0.2, 0.25) is 5.02 Å². The maximum atomic E-state index is 13.7. The Morgan fingerprint density at radius 2 is 2.22 bits per heavy atom.